The highest BCUT2D eigenvalue weighted by atomic mass is 16.4. The number of rotatable bonds is 6. The van der Waals surface area contributed by atoms with Gasteiger partial charge in [0.2, 0.25) is 0 Å². The molecule has 2 aromatic carbocycles. The summed E-state index contributed by atoms with van der Waals surface area (Å²) in [5.74, 6) is -0.880. The first-order valence-corrected chi connectivity index (χ1v) is 8.80. The van der Waals surface area contributed by atoms with E-state index in [1.807, 2.05) is 6.07 Å². The van der Waals surface area contributed by atoms with Crippen LogP contribution in [0, 0.1) is 0 Å². The van der Waals surface area contributed by atoms with Gasteiger partial charge in [-0.15, -0.1) is 0 Å². The second kappa shape index (κ2) is 7.38. The molecule has 1 aliphatic rings. The van der Waals surface area contributed by atoms with E-state index in [-0.39, 0.29) is 5.54 Å². The van der Waals surface area contributed by atoms with Crippen LogP contribution in [0.5, 0.6) is 0 Å². The van der Waals surface area contributed by atoms with Crippen LogP contribution in [-0.2, 0) is 19.5 Å². The molecule has 0 bridgehead atoms. The molecule has 0 aliphatic carbocycles. The summed E-state index contributed by atoms with van der Waals surface area (Å²) in [7, 11) is 0. The number of hydrogen-bond acceptors (Lipinski definition) is 3. The number of benzene rings is 2. The molecule has 0 unspecified atom stereocenters. The first kappa shape index (κ1) is 17.6. The van der Waals surface area contributed by atoms with Crippen LogP contribution in [0.2, 0.25) is 0 Å². The Morgan fingerprint density at radius 1 is 1.16 bits per heavy atom. The fourth-order valence-electron chi connectivity index (χ4n) is 3.45. The molecule has 0 amide bonds. The van der Waals surface area contributed by atoms with Crippen LogP contribution in [0.25, 0.3) is 0 Å². The second-order valence-corrected chi connectivity index (χ2v) is 7.36. The SMILES string of the molecule is CC(C)(CNCc1cccc(C(=O)O)c1)N1CCc2ccccc2C1. The lowest BCUT2D eigenvalue weighted by Gasteiger charge is -2.42. The number of nitrogens with one attached hydrogen (secondary N) is 1. The van der Waals surface area contributed by atoms with Gasteiger partial charge < -0.3 is 10.4 Å². The first-order valence-electron chi connectivity index (χ1n) is 8.80. The number of carboxylic acids is 1. The molecule has 0 fully saturated rings. The molecule has 1 heterocycles. The lowest BCUT2D eigenvalue weighted by molar-refractivity contribution is 0.0696. The van der Waals surface area contributed by atoms with Crippen molar-refractivity contribution >= 4 is 5.97 Å². The summed E-state index contributed by atoms with van der Waals surface area (Å²) in [6, 6.07) is 15.8. The molecule has 0 saturated heterocycles. The predicted octanol–water partition coefficient (Wildman–Crippen LogP) is 3.31. The van der Waals surface area contributed by atoms with Gasteiger partial charge in [-0.3, -0.25) is 4.90 Å². The Bertz CT molecular complexity index is 755. The smallest absolute Gasteiger partial charge is 0.335 e. The number of carbonyl (C=O) groups is 1. The highest BCUT2D eigenvalue weighted by Crippen LogP contribution is 2.25. The Hall–Kier alpha value is -2.17. The van der Waals surface area contributed by atoms with Gasteiger partial charge in [0.1, 0.15) is 0 Å². The zero-order valence-corrected chi connectivity index (χ0v) is 15.0. The minimum absolute atomic E-state index is 0.0396. The molecule has 3 rings (SSSR count). The van der Waals surface area contributed by atoms with E-state index in [0.717, 1.165) is 31.6 Å². The first-order chi connectivity index (χ1) is 12.0. The van der Waals surface area contributed by atoms with Crippen molar-refractivity contribution in [2.24, 2.45) is 0 Å². The van der Waals surface area contributed by atoms with Gasteiger partial charge in [0, 0.05) is 31.7 Å². The Labute approximate surface area is 149 Å². The Balaban J connectivity index is 1.57. The van der Waals surface area contributed by atoms with E-state index < -0.39 is 5.97 Å². The standard InChI is InChI=1S/C21H26N2O2/c1-21(2,23-11-10-17-7-3-4-8-19(17)14-23)15-22-13-16-6-5-9-18(12-16)20(24)25/h3-9,12,22H,10-11,13-15H2,1-2H3,(H,24,25). The maximum atomic E-state index is 11.1. The molecule has 0 spiro atoms. The number of carboxylic acid groups (broad SMARTS) is 1. The quantitative estimate of drug-likeness (QED) is 0.848. The predicted molar refractivity (Wildman–Crippen MR) is 99.7 cm³/mol. The summed E-state index contributed by atoms with van der Waals surface area (Å²) in [6.07, 6.45) is 1.10. The van der Waals surface area contributed by atoms with Crippen LogP contribution >= 0.6 is 0 Å². The van der Waals surface area contributed by atoms with E-state index in [1.165, 1.54) is 11.1 Å². The van der Waals surface area contributed by atoms with Crippen LogP contribution in [0.1, 0.15) is 40.9 Å². The summed E-state index contributed by atoms with van der Waals surface area (Å²) in [5.41, 5.74) is 4.27. The van der Waals surface area contributed by atoms with Crippen molar-refractivity contribution in [3.63, 3.8) is 0 Å². The summed E-state index contributed by atoms with van der Waals surface area (Å²) in [4.78, 5) is 13.6. The van der Waals surface area contributed by atoms with E-state index >= 15 is 0 Å². The summed E-state index contributed by atoms with van der Waals surface area (Å²) < 4.78 is 0. The Kier molecular flexibility index (Phi) is 5.21. The largest absolute Gasteiger partial charge is 0.478 e. The minimum atomic E-state index is -0.880. The molecule has 4 heteroatoms. The number of fused-ring (bicyclic) bond motifs is 1. The average molecular weight is 338 g/mol. The molecule has 132 valence electrons. The summed E-state index contributed by atoms with van der Waals surface area (Å²) in [5, 5.41) is 12.6. The van der Waals surface area contributed by atoms with Crippen LogP contribution < -0.4 is 5.32 Å². The summed E-state index contributed by atoms with van der Waals surface area (Å²) in [6.45, 7) is 8.12. The molecule has 4 nitrogen and oxygen atoms in total. The van der Waals surface area contributed by atoms with Crippen molar-refractivity contribution in [2.45, 2.75) is 38.9 Å². The molecular formula is C21H26N2O2. The molecule has 25 heavy (non-hydrogen) atoms. The minimum Gasteiger partial charge on any atom is -0.478 e. The van der Waals surface area contributed by atoms with Crippen LogP contribution in [0.3, 0.4) is 0 Å². The third-order valence-electron chi connectivity index (χ3n) is 5.05. The molecule has 0 aromatic heterocycles. The topological polar surface area (TPSA) is 52.6 Å². The van der Waals surface area contributed by atoms with Crippen molar-refractivity contribution in [1.82, 2.24) is 10.2 Å². The van der Waals surface area contributed by atoms with Gasteiger partial charge in [-0.2, -0.15) is 0 Å². The van der Waals surface area contributed by atoms with Gasteiger partial charge in [0.05, 0.1) is 5.56 Å². The van der Waals surface area contributed by atoms with Crippen molar-refractivity contribution in [3.8, 4) is 0 Å². The van der Waals surface area contributed by atoms with Gasteiger partial charge >= 0.3 is 5.97 Å². The van der Waals surface area contributed by atoms with Gasteiger partial charge in [-0.25, -0.2) is 4.79 Å². The van der Waals surface area contributed by atoms with Gasteiger partial charge in [-0.1, -0.05) is 36.4 Å². The van der Waals surface area contributed by atoms with Crippen molar-refractivity contribution in [1.29, 1.82) is 0 Å². The van der Waals surface area contributed by atoms with E-state index in [0.29, 0.717) is 12.1 Å². The molecule has 0 atom stereocenters. The van der Waals surface area contributed by atoms with Crippen LogP contribution in [0.15, 0.2) is 48.5 Å². The van der Waals surface area contributed by atoms with Gasteiger partial charge in [0.15, 0.2) is 0 Å². The molecule has 2 N–H and O–H groups in total. The molecular weight excluding hydrogens is 312 g/mol. The third-order valence-corrected chi connectivity index (χ3v) is 5.05. The maximum absolute atomic E-state index is 11.1. The fraction of sp³-hybridized carbons (Fsp3) is 0.381. The monoisotopic (exact) mass is 338 g/mol. The van der Waals surface area contributed by atoms with Crippen molar-refractivity contribution in [2.75, 3.05) is 13.1 Å². The zero-order chi connectivity index (χ0) is 17.9. The second-order valence-electron chi connectivity index (χ2n) is 7.36. The molecule has 0 saturated carbocycles. The van der Waals surface area contributed by atoms with Crippen molar-refractivity contribution < 1.29 is 9.90 Å². The van der Waals surface area contributed by atoms with E-state index in [4.69, 9.17) is 5.11 Å². The number of nitrogens with zero attached hydrogens (tertiary/aromatic N) is 1. The number of hydrogen-bond donors (Lipinski definition) is 2. The molecule has 2 aromatic rings. The normalized spacial score (nSPS) is 15.0. The lowest BCUT2D eigenvalue weighted by Crippen LogP contribution is -2.52. The highest BCUT2D eigenvalue weighted by Gasteiger charge is 2.29. The van der Waals surface area contributed by atoms with Crippen molar-refractivity contribution in [3.05, 3.63) is 70.8 Å². The van der Waals surface area contributed by atoms with Gasteiger partial charge in [0.25, 0.3) is 0 Å². The van der Waals surface area contributed by atoms with Gasteiger partial charge in [-0.05, 0) is 49.1 Å². The molecule has 1 aliphatic heterocycles. The zero-order valence-electron chi connectivity index (χ0n) is 15.0. The third kappa shape index (κ3) is 4.27. The van der Waals surface area contributed by atoms with E-state index in [1.54, 1.807) is 18.2 Å². The fourth-order valence-corrected chi connectivity index (χ4v) is 3.45. The average Bonchev–Trinajstić information content (AvgIpc) is 2.61. The highest BCUT2D eigenvalue weighted by molar-refractivity contribution is 5.87. The maximum Gasteiger partial charge on any atom is 0.335 e. The van der Waals surface area contributed by atoms with E-state index in [2.05, 4.69) is 48.3 Å². The Morgan fingerprint density at radius 3 is 2.68 bits per heavy atom. The number of aromatic carboxylic acids is 1. The lowest BCUT2D eigenvalue weighted by atomic mass is 9.94. The van der Waals surface area contributed by atoms with E-state index in [9.17, 15) is 4.79 Å². The molecule has 0 radical (unpaired) electrons. The van der Waals surface area contributed by atoms with Crippen LogP contribution in [0.4, 0.5) is 0 Å². The van der Waals surface area contributed by atoms with Crippen LogP contribution in [-0.4, -0.2) is 34.6 Å². The summed E-state index contributed by atoms with van der Waals surface area (Å²) >= 11 is 0. The Morgan fingerprint density at radius 2 is 1.92 bits per heavy atom.